The molecule has 50 heavy (non-hydrogen) atoms. The second kappa shape index (κ2) is 17.1. The number of hydrogen-bond acceptors (Lipinski definition) is 9. The third-order valence-corrected chi connectivity index (χ3v) is 9.85. The standard InChI is InChI=1S/C37H48ClN3O9/c1-23(6-4-5-16-39-36(47)40-31(20-42)34(45)35(46)32(44)21-43)24-9-12-30(38)25(18-24)22-49-37(14-15-37)29-19-41(48)17-13-27(29)28-7-2-3-8-33(28)50-26-10-11-26/h2-3,7-9,12-13,17-19,23,26,31-32,34-35,42-46H,4-6,10-11,14-16,20-22H2,1H3,(H2-,39,40,47,48)/p+1/t23-,31-,32+,34+,35+/m0/s1. The lowest BCUT2D eigenvalue weighted by molar-refractivity contribution is -0.905. The average molecular weight is 715 g/mol. The quantitative estimate of drug-likeness (QED) is 0.0525. The number of urea groups is 1. The van der Waals surface area contributed by atoms with Gasteiger partial charge in [-0.3, -0.25) is 5.21 Å². The first-order valence-corrected chi connectivity index (χ1v) is 17.7. The molecule has 2 fully saturated rings. The predicted molar refractivity (Wildman–Crippen MR) is 185 cm³/mol. The molecule has 1 aromatic heterocycles. The molecule has 0 bridgehead atoms. The largest absolute Gasteiger partial charge is 0.490 e. The lowest BCUT2D eigenvalue weighted by atomic mass is 9.94. The number of aromatic nitrogens is 1. The number of nitrogens with one attached hydrogen (secondary N) is 2. The van der Waals surface area contributed by atoms with Crippen molar-refractivity contribution in [3.05, 3.63) is 82.6 Å². The molecule has 2 amide bonds. The molecule has 2 saturated carbocycles. The van der Waals surface area contributed by atoms with Crippen molar-refractivity contribution in [2.24, 2.45) is 0 Å². The van der Waals surface area contributed by atoms with Gasteiger partial charge in [0.05, 0.1) is 37.5 Å². The normalized spacial score (nSPS) is 18.1. The number of ether oxygens (including phenoxy) is 2. The summed E-state index contributed by atoms with van der Waals surface area (Å²) in [4.78, 5) is 12.3. The molecule has 12 nitrogen and oxygen atoms in total. The third-order valence-electron chi connectivity index (χ3n) is 9.48. The molecule has 0 spiro atoms. The maximum Gasteiger partial charge on any atom is 0.315 e. The predicted octanol–water partition coefficient (Wildman–Crippen LogP) is 3.29. The summed E-state index contributed by atoms with van der Waals surface area (Å²) in [6.45, 7) is 1.34. The summed E-state index contributed by atoms with van der Waals surface area (Å²) in [5.74, 6) is 1.04. The molecule has 8 N–H and O–H groups in total. The lowest BCUT2D eigenvalue weighted by Crippen LogP contribution is -2.56. The van der Waals surface area contributed by atoms with Crippen molar-refractivity contribution in [2.45, 2.75) is 100 Å². The summed E-state index contributed by atoms with van der Waals surface area (Å²) in [6.07, 6.45) is 4.66. The van der Waals surface area contributed by atoms with Gasteiger partial charge in [0.15, 0.2) is 0 Å². The minimum Gasteiger partial charge on any atom is -0.490 e. The van der Waals surface area contributed by atoms with Crippen LogP contribution in [0.1, 0.15) is 74.5 Å². The number of aliphatic hydroxyl groups is 5. The van der Waals surface area contributed by atoms with Gasteiger partial charge in [0.2, 0.25) is 12.4 Å². The zero-order chi connectivity index (χ0) is 35.8. The molecule has 0 saturated heterocycles. The van der Waals surface area contributed by atoms with Crippen LogP contribution in [0, 0.1) is 0 Å². The van der Waals surface area contributed by atoms with E-state index < -0.39 is 49.2 Å². The van der Waals surface area contributed by atoms with Crippen LogP contribution >= 0.6 is 11.6 Å². The topological polar surface area (TPSA) is 185 Å². The number of nitrogens with zero attached hydrogens (tertiary/aromatic N) is 1. The van der Waals surface area contributed by atoms with Gasteiger partial charge in [-0.05, 0) is 67.7 Å². The highest BCUT2D eigenvalue weighted by atomic mass is 35.5. The van der Waals surface area contributed by atoms with E-state index in [1.165, 1.54) is 0 Å². The van der Waals surface area contributed by atoms with Crippen LogP contribution in [-0.4, -0.2) is 87.0 Å². The average Bonchev–Trinajstić information content (AvgIpc) is 4.07. The van der Waals surface area contributed by atoms with Crippen molar-refractivity contribution in [1.82, 2.24) is 10.6 Å². The van der Waals surface area contributed by atoms with E-state index in [-0.39, 0.29) is 12.0 Å². The van der Waals surface area contributed by atoms with Crippen LogP contribution in [0.25, 0.3) is 11.1 Å². The first kappa shape index (κ1) is 37.8. The molecule has 1 heterocycles. The number of benzene rings is 2. The highest BCUT2D eigenvalue weighted by Crippen LogP contribution is 2.53. The molecule has 5 atom stereocenters. The SMILES string of the molecule is C[C@@H](CCCCNC(=O)N[C@@H](CO)[C@@H](O)[C@H](O)[C@H](O)CO)c1ccc(Cl)c(COC2(c3c[n+](O)ccc3-c3ccccc3OC3CC3)CC2)c1. The highest BCUT2D eigenvalue weighted by Gasteiger charge is 2.49. The summed E-state index contributed by atoms with van der Waals surface area (Å²) < 4.78 is 13.9. The number of rotatable bonds is 19. The van der Waals surface area contributed by atoms with Crippen LogP contribution in [-0.2, 0) is 16.9 Å². The molecule has 2 aliphatic carbocycles. The van der Waals surface area contributed by atoms with E-state index in [0.29, 0.717) is 24.6 Å². The second-order valence-corrected chi connectivity index (χ2v) is 13.8. The Balaban J connectivity index is 1.14. The number of unbranched alkanes of at least 4 members (excludes halogenated alkanes) is 1. The Bertz CT molecular complexity index is 1590. The number of pyridine rings is 1. The molecule has 2 aliphatic rings. The Kier molecular flexibility index (Phi) is 12.9. The monoisotopic (exact) mass is 714 g/mol. The van der Waals surface area contributed by atoms with Crippen LogP contribution in [0.15, 0.2) is 60.9 Å². The molecule has 13 heteroatoms. The van der Waals surface area contributed by atoms with Crippen LogP contribution in [0.3, 0.4) is 0 Å². The molecule has 0 radical (unpaired) electrons. The summed E-state index contributed by atoms with van der Waals surface area (Å²) in [5, 5.41) is 64.0. The molecule has 2 aromatic carbocycles. The third kappa shape index (κ3) is 9.64. The number of aliphatic hydroxyl groups excluding tert-OH is 5. The molecular weight excluding hydrogens is 666 g/mol. The highest BCUT2D eigenvalue weighted by molar-refractivity contribution is 6.31. The van der Waals surface area contributed by atoms with Gasteiger partial charge in [-0.15, -0.1) is 0 Å². The van der Waals surface area contributed by atoms with Gasteiger partial charge in [0.1, 0.15) is 29.7 Å². The number of carbonyl (C=O) groups is 1. The van der Waals surface area contributed by atoms with Crippen LogP contribution < -0.4 is 20.1 Å². The number of para-hydroxylation sites is 1. The van der Waals surface area contributed by atoms with Gasteiger partial charge in [0.25, 0.3) is 0 Å². The van der Waals surface area contributed by atoms with Crippen molar-refractivity contribution in [3.8, 4) is 16.9 Å². The van der Waals surface area contributed by atoms with E-state index in [2.05, 4.69) is 23.6 Å². The van der Waals surface area contributed by atoms with Crippen LogP contribution in [0.2, 0.25) is 5.02 Å². The first-order valence-electron chi connectivity index (χ1n) is 17.3. The second-order valence-electron chi connectivity index (χ2n) is 13.4. The molecule has 0 aliphatic heterocycles. The van der Waals surface area contributed by atoms with E-state index in [1.54, 1.807) is 12.4 Å². The van der Waals surface area contributed by atoms with E-state index in [4.69, 9.17) is 26.2 Å². The Morgan fingerprint density at radius 2 is 1.78 bits per heavy atom. The Labute approximate surface area is 297 Å². The van der Waals surface area contributed by atoms with Crippen molar-refractivity contribution in [1.29, 1.82) is 0 Å². The van der Waals surface area contributed by atoms with Gasteiger partial charge in [-0.1, -0.05) is 55.3 Å². The van der Waals surface area contributed by atoms with Gasteiger partial charge in [-0.2, -0.15) is 0 Å². The maximum atomic E-state index is 12.3. The Hall–Kier alpha value is -3.49. The minimum absolute atomic E-state index is 0.208. The number of amides is 2. The fraction of sp³-hybridized carbons (Fsp3) is 0.514. The van der Waals surface area contributed by atoms with Crippen molar-refractivity contribution < 1.29 is 49.7 Å². The molecule has 0 unspecified atom stereocenters. The summed E-state index contributed by atoms with van der Waals surface area (Å²) in [5.41, 5.74) is 4.27. The van der Waals surface area contributed by atoms with Crippen LogP contribution in [0.4, 0.5) is 4.79 Å². The maximum absolute atomic E-state index is 12.3. The summed E-state index contributed by atoms with van der Waals surface area (Å²) in [6, 6.07) is 14.0. The molecule has 3 aromatic rings. The number of hydrogen-bond donors (Lipinski definition) is 8. The Morgan fingerprint density at radius 1 is 1.02 bits per heavy atom. The minimum atomic E-state index is -1.74. The Morgan fingerprint density at radius 3 is 2.48 bits per heavy atom. The number of halogens is 1. The van der Waals surface area contributed by atoms with Gasteiger partial charge < -0.3 is 45.6 Å². The van der Waals surface area contributed by atoms with E-state index in [0.717, 1.165) is 76.8 Å². The fourth-order valence-corrected chi connectivity index (χ4v) is 6.22. The summed E-state index contributed by atoms with van der Waals surface area (Å²) >= 11 is 6.65. The molecule has 272 valence electrons. The summed E-state index contributed by atoms with van der Waals surface area (Å²) in [7, 11) is 0. The smallest absolute Gasteiger partial charge is 0.315 e. The zero-order valence-corrected chi connectivity index (χ0v) is 29.0. The molecular formula is C37H49ClN3O9+. The number of carbonyl (C=O) groups excluding carboxylic acids is 1. The van der Waals surface area contributed by atoms with Crippen molar-refractivity contribution in [2.75, 3.05) is 19.8 Å². The van der Waals surface area contributed by atoms with E-state index >= 15 is 0 Å². The zero-order valence-electron chi connectivity index (χ0n) is 28.2. The van der Waals surface area contributed by atoms with Crippen LogP contribution in [0.5, 0.6) is 5.75 Å². The van der Waals surface area contributed by atoms with Gasteiger partial charge in [0, 0.05) is 33.5 Å². The van der Waals surface area contributed by atoms with Crippen molar-refractivity contribution >= 4 is 17.6 Å². The lowest BCUT2D eigenvalue weighted by Gasteiger charge is -2.28. The first-order chi connectivity index (χ1) is 24.0. The van der Waals surface area contributed by atoms with E-state index in [9.17, 15) is 30.4 Å². The van der Waals surface area contributed by atoms with Crippen molar-refractivity contribution in [3.63, 3.8) is 0 Å². The fourth-order valence-electron chi connectivity index (χ4n) is 6.05. The van der Waals surface area contributed by atoms with E-state index in [1.807, 2.05) is 42.5 Å². The van der Waals surface area contributed by atoms with Gasteiger partial charge >= 0.3 is 6.03 Å². The van der Waals surface area contributed by atoms with Gasteiger partial charge in [-0.25, -0.2) is 4.79 Å². The molecule has 5 rings (SSSR count).